The Morgan fingerprint density at radius 2 is 1.77 bits per heavy atom. The van der Waals surface area contributed by atoms with Crippen LogP contribution in [0.1, 0.15) is 39.0 Å². The number of benzene rings is 2. The van der Waals surface area contributed by atoms with E-state index >= 15 is 0 Å². The lowest BCUT2D eigenvalue weighted by Crippen LogP contribution is -2.07. The van der Waals surface area contributed by atoms with Crippen LogP contribution in [0.5, 0.6) is 5.75 Å². The molecular weight excluding hydrogens is 401 g/mol. The highest BCUT2D eigenvalue weighted by Crippen LogP contribution is 2.29. The van der Waals surface area contributed by atoms with Crippen molar-refractivity contribution >= 4 is 36.6 Å². The van der Waals surface area contributed by atoms with Gasteiger partial charge >= 0.3 is 0 Å². The van der Waals surface area contributed by atoms with E-state index in [-0.39, 0.29) is 5.69 Å². The number of H-pyrrole nitrogens is 1. The molecule has 0 aliphatic rings. The summed E-state index contributed by atoms with van der Waals surface area (Å²) in [5.41, 5.74) is 9.70. The van der Waals surface area contributed by atoms with Crippen LogP contribution in [0.3, 0.4) is 0 Å². The van der Waals surface area contributed by atoms with Gasteiger partial charge in [-0.2, -0.15) is 0 Å². The smallest absolute Gasteiger partial charge is 0.269 e. The van der Waals surface area contributed by atoms with Gasteiger partial charge in [-0.3, -0.25) is 10.1 Å². The number of aromatic amines is 1. The fraction of sp³-hybridized carbons (Fsp3) is 0.318. The summed E-state index contributed by atoms with van der Waals surface area (Å²) >= 11 is 0. The summed E-state index contributed by atoms with van der Waals surface area (Å²) in [6.45, 7) is 8.42. The predicted octanol–water partition coefficient (Wildman–Crippen LogP) is 5.60. The van der Waals surface area contributed by atoms with Crippen LogP contribution in [-0.4, -0.2) is 29.1 Å². The Labute approximate surface area is 179 Å². The standard InChI is InChI=1S/C18H18N3O4P.2C2H6/c1-24-16-10-13(19)8-12-9-15(20-17(12)16)18(26)25-7-6-11-2-4-14(5-3-11)21(22)23;2*1-2/h2-5,8-10,20,26H,6-7,19H2,1H3;2*1-2H3. The first-order valence-corrected chi connectivity index (χ1v) is 10.4. The van der Waals surface area contributed by atoms with E-state index in [4.69, 9.17) is 15.2 Å². The van der Waals surface area contributed by atoms with Gasteiger partial charge in [-0.1, -0.05) is 48.7 Å². The number of nitrogens with two attached hydrogens (primary N) is 1. The lowest BCUT2D eigenvalue weighted by molar-refractivity contribution is -0.384. The van der Waals surface area contributed by atoms with Crippen LogP contribution in [0.4, 0.5) is 11.4 Å². The first-order chi connectivity index (χ1) is 14.5. The number of rotatable bonds is 7. The second kappa shape index (κ2) is 12.6. The van der Waals surface area contributed by atoms with E-state index < -0.39 is 4.92 Å². The summed E-state index contributed by atoms with van der Waals surface area (Å²) in [5, 5.41) is 11.6. The number of hydrogen-bond acceptors (Lipinski definition) is 5. The fourth-order valence-corrected chi connectivity index (χ4v) is 2.89. The van der Waals surface area contributed by atoms with Crippen LogP contribution in [0.2, 0.25) is 0 Å². The monoisotopic (exact) mass is 431 g/mol. The minimum Gasteiger partial charge on any atom is -0.494 e. The second-order valence-electron chi connectivity index (χ2n) is 5.72. The Morgan fingerprint density at radius 3 is 2.33 bits per heavy atom. The van der Waals surface area contributed by atoms with Crippen molar-refractivity contribution in [3.05, 3.63) is 63.8 Å². The van der Waals surface area contributed by atoms with Crippen molar-refractivity contribution < 1.29 is 14.4 Å². The molecule has 0 amide bonds. The molecule has 3 rings (SSSR count). The van der Waals surface area contributed by atoms with Gasteiger partial charge in [0.15, 0.2) is 0 Å². The average Bonchev–Trinajstić information content (AvgIpc) is 3.20. The van der Waals surface area contributed by atoms with Crippen LogP contribution in [0.15, 0.2) is 42.5 Å². The molecule has 0 spiro atoms. The highest BCUT2D eigenvalue weighted by Gasteiger charge is 2.11. The molecule has 0 atom stereocenters. The average molecular weight is 431 g/mol. The molecule has 0 radical (unpaired) electrons. The van der Waals surface area contributed by atoms with Gasteiger partial charge in [0.25, 0.3) is 5.69 Å². The zero-order valence-electron chi connectivity index (χ0n) is 18.1. The SMILES string of the molecule is CC.CC.COc1cc(N)cc2cc(C(=P)OCCc3ccc([N+](=O)[O-])cc3)[nH]c12. The van der Waals surface area contributed by atoms with Crippen LogP contribution in [0.25, 0.3) is 10.9 Å². The van der Waals surface area contributed by atoms with Crippen molar-refractivity contribution in [1.82, 2.24) is 4.98 Å². The highest BCUT2D eigenvalue weighted by molar-refractivity contribution is 7.21. The number of anilines is 1. The van der Waals surface area contributed by atoms with Crippen LogP contribution >= 0.6 is 8.86 Å². The van der Waals surface area contributed by atoms with Gasteiger partial charge in [-0.15, -0.1) is 0 Å². The molecular formula is C22H30N3O4P. The van der Waals surface area contributed by atoms with Gasteiger partial charge < -0.3 is 20.2 Å². The maximum absolute atomic E-state index is 10.7. The Morgan fingerprint density at radius 1 is 1.13 bits per heavy atom. The summed E-state index contributed by atoms with van der Waals surface area (Å²) in [6, 6.07) is 12.0. The number of hydrogen-bond donors (Lipinski definition) is 2. The van der Waals surface area contributed by atoms with E-state index in [1.165, 1.54) is 12.1 Å². The number of nitrogen functional groups attached to an aromatic ring is 1. The summed E-state index contributed by atoms with van der Waals surface area (Å²) in [7, 11) is 5.08. The van der Waals surface area contributed by atoms with Gasteiger partial charge in [0.05, 0.1) is 29.9 Å². The Hall–Kier alpha value is -2.89. The lowest BCUT2D eigenvalue weighted by atomic mass is 10.1. The first-order valence-electron chi connectivity index (χ1n) is 9.89. The minimum absolute atomic E-state index is 0.0772. The molecule has 162 valence electrons. The van der Waals surface area contributed by atoms with E-state index in [0.29, 0.717) is 29.9 Å². The molecule has 0 saturated heterocycles. The summed E-state index contributed by atoms with van der Waals surface area (Å²) in [6.07, 6.45) is 0.627. The zero-order valence-corrected chi connectivity index (χ0v) is 19.1. The van der Waals surface area contributed by atoms with Gasteiger partial charge in [-0.25, -0.2) is 0 Å². The van der Waals surface area contributed by atoms with E-state index in [0.717, 1.165) is 22.2 Å². The summed E-state index contributed by atoms with van der Waals surface area (Å²) < 4.78 is 11.1. The molecule has 0 saturated carbocycles. The van der Waals surface area contributed by atoms with Crippen molar-refractivity contribution in [2.75, 3.05) is 19.5 Å². The number of non-ortho nitro benzene ring substituents is 1. The van der Waals surface area contributed by atoms with Crippen LogP contribution in [-0.2, 0) is 11.2 Å². The number of nitrogens with zero attached hydrogens (tertiary/aromatic N) is 1. The van der Waals surface area contributed by atoms with E-state index in [1.807, 2.05) is 39.8 Å². The van der Waals surface area contributed by atoms with Crippen LogP contribution < -0.4 is 10.5 Å². The predicted molar refractivity (Wildman–Crippen MR) is 127 cm³/mol. The molecule has 0 fully saturated rings. The molecule has 3 N–H and O–H groups in total. The Kier molecular flexibility index (Phi) is 10.6. The minimum atomic E-state index is -0.415. The van der Waals surface area contributed by atoms with Crippen molar-refractivity contribution in [3.63, 3.8) is 0 Å². The van der Waals surface area contributed by atoms with Crippen molar-refractivity contribution in [2.45, 2.75) is 34.1 Å². The number of nitro benzene ring substituents is 1. The normalized spacial score (nSPS) is 9.77. The molecule has 0 aliphatic carbocycles. The Bertz CT molecular complexity index is 968. The zero-order chi connectivity index (χ0) is 22.7. The first kappa shape index (κ1) is 25.1. The topological polar surface area (TPSA) is 103 Å². The van der Waals surface area contributed by atoms with Gasteiger partial charge in [0.2, 0.25) is 0 Å². The largest absolute Gasteiger partial charge is 0.494 e. The van der Waals surface area contributed by atoms with Crippen molar-refractivity contribution in [1.29, 1.82) is 0 Å². The maximum Gasteiger partial charge on any atom is 0.269 e. The highest BCUT2D eigenvalue weighted by atomic mass is 31.0. The van der Waals surface area contributed by atoms with Crippen LogP contribution in [0, 0.1) is 10.1 Å². The van der Waals surface area contributed by atoms with Gasteiger partial charge in [0, 0.05) is 29.3 Å². The molecule has 0 aliphatic heterocycles. The third-order valence-electron chi connectivity index (χ3n) is 3.96. The molecule has 1 aromatic heterocycles. The molecule has 30 heavy (non-hydrogen) atoms. The van der Waals surface area contributed by atoms with Gasteiger partial charge in [0.1, 0.15) is 11.2 Å². The number of nitro groups is 1. The lowest BCUT2D eigenvalue weighted by Gasteiger charge is -2.05. The fourth-order valence-electron chi connectivity index (χ4n) is 2.65. The number of nitrogens with one attached hydrogen (secondary N) is 1. The van der Waals surface area contributed by atoms with Gasteiger partial charge in [-0.05, 0) is 24.1 Å². The quantitative estimate of drug-likeness (QED) is 0.219. The maximum atomic E-state index is 10.7. The molecule has 0 unspecified atom stereocenters. The van der Waals surface area contributed by atoms with E-state index in [1.54, 1.807) is 25.3 Å². The molecule has 3 aromatic rings. The Balaban J connectivity index is 0.00000106. The van der Waals surface area contributed by atoms with Crippen molar-refractivity contribution in [2.24, 2.45) is 0 Å². The molecule has 7 nitrogen and oxygen atoms in total. The molecule has 1 heterocycles. The summed E-state index contributed by atoms with van der Waals surface area (Å²) in [5.74, 6) is 0.664. The number of aromatic nitrogens is 1. The molecule has 0 bridgehead atoms. The second-order valence-corrected chi connectivity index (χ2v) is 6.18. The molecule has 2 aromatic carbocycles. The number of ether oxygens (including phenoxy) is 2. The third kappa shape index (κ3) is 6.58. The number of fused-ring (bicyclic) bond motifs is 1. The molecule has 8 heteroatoms. The van der Waals surface area contributed by atoms with E-state index in [9.17, 15) is 10.1 Å². The third-order valence-corrected chi connectivity index (χ3v) is 4.38. The van der Waals surface area contributed by atoms with Crippen molar-refractivity contribution in [3.8, 4) is 5.75 Å². The van der Waals surface area contributed by atoms with E-state index in [2.05, 4.69) is 13.8 Å². The number of methoxy groups -OCH3 is 1. The summed E-state index contributed by atoms with van der Waals surface area (Å²) in [4.78, 5) is 13.5.